The average molecular weight is 588 g/mol. The van der Waals surface area contributed by atoms with Gasteiger partial charge in [0.25, 0.3) is 5.91 Å². The number of fused-ring (bicyclic) bond motifs is 2. The molecule has 5 unspecified atom stereocenters. The van der Waals surface area contributed by atoms with E-state index in [1.165, 1.54) is 13.2 Å². The molecule has 0 aromatic heterocycles. The molecule has 0 radical (unpaired) electrons. The van der Waals surface area contributed by atoms with Gasteiger partial charge in [0.15, 0.2) is 0 Å². The zero-order chi connectivity index (χ0) is 30.7. The highest BCUT2D eigenvalue weighted by molar-refractivity contribution is 5.98. The van der Waals surface area contributed by atoms with Crippen molar-refractivity contribution in [2.24, 2.45) is 23.2 Å². The predicted molar refractivity (Wildman–Crippen MR) is 160 cm³/mol. The topological polar surface area (TPSA) is 138 Å². The van der Waals surface area contributed by atoms with Crippen LogP contribution in [0.2, 0.25) is 0 Å². The Morgan fingerprint density at radius 1 is 1.07 bits per heavy atom. The highest BCUT2D eigenvalue weighted by atomic mass is 16.5. The number of aliphatic carboxylic acids is 1. The number of hydrogen-bond acceptors (Lipinski definition) is 6. The van der Waals surface area contributed by atoms with Gasteiger partial charge in [0.05, 0.1) is 35.7 Å². The second kappa shape index (κ2) is 12.7. The van der Waals surface area contributed by atoms with Crippen LogP contribution in [0.25, 0.3) is 0 Å². The summed E-state index contributed by atoms with van der Waals surface area (Å²) in [7, 11) is 1.45. The first-order chi connectivity index (χ1) is 20.6. The summed E-state index contributed by atoms with van der Waals surface area (Å²) in [5.74, 6) is -0.377. The van der Waals surface area contributed by atoms with Gasteiger partial charge < -0.3 is 25.2 Å². The summed E-state index contributed by atoms with van der Waals surface area (Å²) < 4.78 is 11.7. The summed E-state index contributed by atoms with van der Waals surface area (Å²) in [6.45, 7) is 4.36. The quantitative estimate of drug-likeness (QED) is 0.354. The van der Waals surface area contributed by atoms with Crippen LogP contribution in [-0.2, 0) is 9.59 Å². The van der Waals surface area contributed by atoms with Gasteiger partial charge in [0.2, 0.25) is 5.91 Å². The zero-order valence-electron chi connectivity index (χ0n) is 25.1. The first kappa shape index (κ1) is 30.4. The van der Waals surface area contributed by atoms with Crippen molar-refractivity contribution >= 4 is 17.8 Å². The second-order valence-corrected chi connectivity index (χ2v) is 12.8. The summed E-state index contributed by atoms with van der Waals surface area (Å²) in [5.41, 5.74) is 0.856. The lowest BCUT2D eigenvalue weighted by atomic mass is 9.75. The normalized spacial score (nSPS) is 28.4. The fourth-order valence-electron chi connectivity index (χ4n) is 7.21. The smallest absolute Gasteiger partial charge is 0.309 e. The van der Waals surface area contributed by atoms with E-state index >= 15 is 0 Å². The zero-order valence-corrected chi connectivity index (χ0v) is 25.1. The van der Waals surface area contributed by atoms with Crippen molar-refractivity contribution in [3.8, 4) is 17.6 Å². The number of amides is 2. The number of ether oxygens (including phenoxy) is 2. The van der Waals surface area contributed by atoms with Crippen LogP contribution in [0.5, 0.6) is 11.5 Å². The molecule has 3 saturated carbocycles. The molecule has 9 heteroatoms. The van der Waals surface area contributed by atoms with Crippen LogP contribution in [-0.4, -0.2) is 48.7 Å². The molecule has 43 heavy (non-hydrogen) atoms. The Morgan fingerprint density at radius 3 is 2.42 bits per heavy atom. The molecule has 0 spiro atoms. The van der Waals surface area contributed by atoms with Crippen LogP contribution >= 0.6 is 0 Å². The van der Waals surface area contributed by atoms with Crippen molar-refractivity contribution in [1.82, 2.24) is 10.6 Å². The lowest BCUT2D eigenvalue weighted by Crippen LogP contribution is -2.50. The van der Waals surface area contributed by atoms with E-state index in [9.17, 15) is 24.8 Å². The van der Waals surface area contributed by atoms with Gasteiger partial charge in [-0.2, -0.15) is 5.26 Å². The van der Waals surface area contributed by atoms with Gasteiger partial charge in [-0.25, -0.2) is 0 Å². The van der Waals surface area contributed by atoms with Gasteiger partial charge in [0, 0.05) is 18.7 Å². The molecule has 3 fully saturated rings. The molecule has 2 aromatic rings. The van der Waals surface area contributed by atoms with Gasteiger partial charge in [-0.1, -0.05) is 37.3 Å². The van der Waals surface area contributed by atoms with E-state index in [1.807, 2.05) is 18.2 Å². The Labute approximate surface area is 252 Å². The molecule has 0 heterocycles. The number of nitrogens with one attached hydrogen (secondary N) is 2. The first-order valence-electron chi connectivity index (χ1n) is 15.3. The number of hydrogen-bond donors (Lipinski definition) is 3. The van der Waals surface area contributed by atoms with Crippen LogP contribution in [0.3, 0.4) is 0 Å². The maximum absolute atomic E-state index is 13.8. The summed E-state index contributed by atoms with van der Waals surface area (Å²) in [5, 5.41) is 25.7. The summed E-state index contributed by atoms with van der Waals surface area (Å²) in [6, 6.07) is 15.0. The number of carbonyl (C=O) groups is 3. The number of carbonyl (C=O) groups excluding carboxylic acids is 2. The molecule has 2 aromatic carbocycles. The Morgan fingerprint density at radius 2 is 1.77 bits per heavy atom. The van der Waals surface area contributed by atoms with E-state index in [0.29, 0.717) is 32.2 Å². The first-order valence-corrected chi connectivity index (χ1v) is 15.3. The van der Waals surface area contributed by atoms with E-state index in [1.54, 1.807) is 13.0 Å². The SMILES string of the molecule is COc1cc(C#N)c(OC2CCC(C)(C(=O)O)CC2)cc1C(=O)NC1C2CCC(C2)C1C(=O)NCC(C)c1ccccc1. The Balaban J connectivity index is 1.29. The summed E-state index contributed by atoms with van der Waals surface area (Å²) >= 11 is 0. The standard InChI is InChI=1S/C34H41N3O6/c1-20(21-7-5-4-6-8-21)19-36-32(39)29-22-9-10-23(15-22)30(29)37-31(38)26-17-27(24(18-35)16-28(26)42-3)43-25-11-13-34(2,14-12-25)33(40)41/h4-8,16-17,20,22-23,25,29-30H,9-15,19H2,1-3H3,(H,36,39)(H,37,38)(H,40,41). The van der Waals surface area contributed by atoms with Crippen LogP contribution in [0.15, 0.2) is 42.5 Å². The van der Waals surface area contributed by atoms with Gasteiger partial charge in [-0.3, -0.25) is 14.4 Å². The Kier molecular flexibility index (Phi) is 8.95. The lowest BCUT2D eigenvalue weighted by Gasteiger charge is -2.34. The number of benzene rings is 2. The molecule has 3 aliphatic carbocycles. The van der Waals surface area contributed by atoms with Crippen molar-refractivity contribution < 1.29 is 29.0 Å². The fourth-order valence-corrected chi connectivity index (χ4v) is 7.21. The highest BCUT2D eigenvalue weighted by Gasteiger charge is 2.51. The molecule has 0 saturated heterocycles. The minimum Gasteiger partial charge on any atom is -0.496 e. The van der Waals surface area contributed by atoms with Crippen molar-refractivity contribution in [3.63, 3.8) is 0 Å². The molecular formula is C34H41N3O6. The molecule has 9 nitrogen and oxygen atoms in total. The molecule has 5 rings (SSSR count). The second-order valence-electron chi connectivity index (χ2n) is 12.8. The number of methoxy groups -OCH3 is 1. The third-order valence-electron chi connectivity index (χ3n) is 9.98. The monoisotopic (exact) mass is 587 g/mol. The Hall–Kier alpha value is -4.06. The van der Waals surface area contributed by atoms with Crippen molar-refractivity contribution in [2.75, 3.05) is 13.7 Å². The van der Waals surface area contributed by atoms with Crippen LogP contribution < -0.4 is 20.1 Å². The molecule has 5 atom stereocenters. The number of nitrogens with zero attached hydrogens (tertiary/aromatic N) is 1. The number of nitriles is 1. The molecule has 0 aliphatic heterocycles. The largest absolute Gasteiger partial charge is 0.496 e. The van der Waals surface area contributed by atoms with E-state index in [2.05, 4.69) is 35.8 Å². The van der Waals surface area contributed by atoms with Gasteiger partial charge in [0.1, 0.15) is 17.6 Å². The third-order valence-corrected chi connectivity index (χ3v) is 9.98. The van der Waals surface area contributed by atoms with E-state index in [0.717, 1.165) is 24.8 Å². The fraction of sp³-hybridized carbons (Fsp3) is 0.529. The lowest BCUT2D eigenvalue weighted by molar-refractivity contribution is -0.150. The molecule has 3 N–H and O–H groups in total. The molecular weight excluding hydrogens is 546 g/mol. The van der Waals surface area contributed by atoms with Crippen LogP contribution in [0, 0.1) is 34.5 Å². The Bertz CT molecular complexity index is 1390. The van der Waals surface area contributed by atoms with Crippen molar-refractivity contribution in [1.29, 1.82) is 5.26 Å². The molecule has 2 amide bonds. The van der Waals surface area contributed by atoms with Crippen LogP contribution in [0.1, 0.15) is 86.2 Å². The van der Waals surface area contributed by atoms with E-state index < -0.39 is 11.4 Å². The van der Waals surface area contributed by atoms with E-state index in [-0.39, 0.29) is 70.3 Å². The highest BCUT2D eigenvalue weighted by Crippen LogP contribution is 2.49. The predicted octanol–water partition coefficient (Wildman–Crippen LogP) is 5.04. The molecule has 3 aliphatic rings. The minimum atomic E-state index is -0.814. The number of rotatable bonds is 10. The summed E-state index contributed by atoms with van der Waals surface area (Å²) in [4.78, 5) is 38.9. The third kappa shape index (κ3) is 6.34. The average Bonchev–Trinajstić information content (AvgIpc) is 3.63. The maximum Gasteiger partial charge on any atom is 0.309 e. The van der Waals surface area contributed by atoms with Crippen molar-refractivity contribution in [2.45, 2.75) is 76.9 Å². The van der Waals surface area contributed by atoms with Crippen LogP contribution in [0.4, 0.5) is 0 Å². The van der Waals surface area contributed by atoms with Gasteiger partial charge in [-0.15, -0.1) is 0 Å². The maximum atomic E-state index is 13.8. The summed E-state index contributed by atoms with van der Waals surface area (Å²) in [6.07, 6.45) is 4.59. The minimum absolute atomic E-state index is 0.0262. The molecule has 228 valence electrons. The number of carboxylic acid groups (broad SMARTS) is 1. The number of carboxylic acids is 1. The van der Waals surface area contributed by atoms with Crippen molar-refractivity contribution in [3.05, 3.63) is 59.2 Å². The molecule has 2 bridgehead atoms. The van der Waals surface area contributed by atoms with Gasteiger partial charge >= 0.3 is 5.97 Å². The van der Waals surface area contributed by atoms with Gasteiger partial charge in [-0.05, 0) is 81.3 Å². The van der Waals surface area contributed by atoms with E-state index in [4.69, 9.17) is 9.47 Å².